The topological polar surface area (TPSA) is 161 Å². The number of nitrogens with zero attached hydrogens (tertiary/aromatic N) is 4. The molecular formula is C36H38N8O5. The number of anilines is 2. The number of unbranched alkanes of at least 4 members (excludes halogenated alkanes) is 1. The predicted molar refractivity (Wildman–Crippen MR) is 188 cm³/mol. The molecule has 4 N–H and O–H groups in total. The first-order valence-electron chi connectivity index (χ1n) is 16.0. The Bertz CT molecular complexity index is 2190. The fourth-order valence-corrected chi connectivity index (χ4v) is 5.80. The number of alkyl carbamates (subject to hydrolysis) is 1. The van der Waals surface area contributed by atoms with Gasteiger partial charge in [-0.25, -0.2) is 14.8 Å². The van der Waals surface area contributed by atoms with Gasteiger partial charge < -0.3 is 35.1 Å². The van der Waals surface area contributed by atoms with Crippen LogP contribution >= 0.6 is 0 Å². The highest BCUT2D eigenvalue weighted by Crippen LogP contribution is 2.36. The molecule has 13 nitrogen and oxygen atoms in total. The molecule has 0 saturated carbocycles. The van der Waals surface area contributed by atoms with E-state index in [0.717, 1.165) is 32.3 Å². The first-order chi connectivity index (χ1) is 23.4. The van der Waals surface area contributed by atoms with Crippen LogP contribution in [0, 0.1) is 0 Å². The molecule has 0 radical (unpaired) electrons. The Morgan fingerprint density at radius 1 is 0.673 bits per heavy atom. The molecule has 0 aliphatic rings. The van der Waals surface area contributed by atoms with Crippen LogP contribution in [0.25, 0.3) is 32.3 Å². The lowest BCUT2D eigenvalue weighted by atomic mass is 9.92. The van der Waals surface area contributed by atoms with Crippen molar-refractivity contribution in [1.29, 1.82) is 0 Å². The van der Waals surface area contributed by atoms with E-state index in [1.54, 1.807) is 47.1 Å². The fraction of sp³-hybridized carbons (Fsp3) is 0.278. The van der Waals surface area contributed by atoms with Crippen molar-refractivity contribution in [2.75, 3.05) is 23.7 Å². The number of carbonyl (C=O) groups is 4. The Morgan fingerprint density at radius 3 is 1.84 bits per heavy atom. The number of hydrogen-bond acceptors (Lipinski definition) is 7. The maximum atomic E-state index is 13.5. The van der Waals surface area contributed by atoms with Gasteiger partial charge in [0.1, 0.15) is 5.60 Å². The van der Waals surface area contributed by atoms with Crippen LogP contribution in [0.4, 0.5) is 16.4 Å². The van der Waals surface area contributed by atoms with Gasteiger partial charge in [0.05, 0.1) is 0 Å². The molecule has 4 aromatic carbocycles. The molecule has 49 heavy (non-hydrogen) atoms. The second-order valence-corrected chi connectivity index (χ2v) is 12.9. The average Bonchev–Trinajstić information content (AvgIpc) is 3.61. The molecule has 0 fully saturated rings. The lowest BCUT2D eigenvalue weighted by Gasteiger charge is -2.19. The number of rotatable bonds is 10. The van der Waals surface area contributed by atoms with E-state index in [0.29, 0.717) is 31.5 Å². The molecule has 2 aromatic heterocycles. The van der Waals surface area contributed by atoms with E-state index in [1.807, 2.05) is 24.3 Å². The normalized spacial score (nSPS) is 11.6. The predicted octanol–water partition coefficient (Wildman–Crippen LogP) is 5.59. The van der Waals surface area contributed by atoms with Crippen molar-refractivity contribution in [3.8, 4) is 0 Å². The van der Waals surface area contributed by atoms with Gasteiger partial charge >= 0.3 is 6.09 Å². The van der Waals surface area contributed by atoms with Gasteiger partial charge in [0.15, 0.2) is 11.6 Å². The molecule has 0 unspecified atom stereocenters. The minimum atomic E-state index is -0.565. The maximum absolute atomic E-state index is 13.5. The number of aromatic nitrogens is 4. The highest BCUT2D eigenvalue weighted by atomic mass is 16.6. The standard InChI is InChI=1S/C36H38N8O5/c1-36(2,3)49-35(48)38-18-7-6-17-37-33(46)30-39-27(20-43(30)4)42-34(47)31-40-26(19-44(31)5)41-32(45)25-16-14-23-12-11-21-9-8-10-22-13-15-24(25)29(23)28(21)22/h8-16,19-20H,6-7,17-18H2,1-5H3,(H,37,46)(H,38,48)(H,41,45)(H,42,47). The number of benzene rings is 4. The summed E-state index contributed by atoms with van der Waals surface area (Å²) >= 11 is 0. The second-order valence-electron chi connectivity index (χ2n) is 12.9. The van der Waals surface area contributed by atoms with Crippen LogP contribution in [0.1, 0.15) is 65.2 Å². The van der Waals surface area contributed by atoms with Gasteiger partial charge in [0, 0.05) is 45.1 Å². The number of ether oxygens (including phenoxy) is 1. The molecule has 6 aromatic rings. The number of amides is 4. The van der Waals surface area contributed by atoms with Gasteiger partial charge in [-0.2, -0.15) is 0 Å². The molecule has 0 atom stereocenters. The minimum absolute atomic E-state index is 0.0438. The highest BCUT2D eigenvalue weighted by molar-refractivity contribution is 6.27. The Hall–Kier alpha value is -5.98. The van der Waals surface area contributed by atoms with Crippen LogP contribution < -0.4 is 21.3 Å². The van der Waals surface area contributed by atoms with E-state index < -0.39 is 23.5 Å². The van der Waals surface area contributed by atoms with E-state index in [1.165, 1.54) is 15.3 Å². The zero-order valence-corrected chi connectivity index (χ0v) is 28.0. The van der Waals surface area contributed by atoms with Crippen molar-refractivity contribution in [2.24, 2.45) is 14.1 Å². The van der Waals surface area contributed by atoms with Crippen LogP contribution in [-0.2, 0) is 18.8 Å². The van der Waals surface area contributed by atoms with Crippen LogP contribution in [0.3, 0.4) is 0 Å². The molecule has 0 aliphatic heterocycles. The summed E-state index contributed by atoms with van der Waals surface area (Å²) in [6.07, 6.45) is 3.88. The summed E-state index contributed by atoms with van der Waals surface area (Å²) in [5.41, 5.74) is -0.0658. The third kappa shape index (κ3) is 7.15. The Morgan fingerprint density at radius 2 is 1.20 bits per heavy atom. The summed E-state index contributed by atoms with van der Waals surface area (Å²) in [6.45, 7) is 6.18. The minimum Gasteiger partial charge on any atom is -0.444 e. The summed E-state index contributed by atoms with van der Waals surface area (Å²) in [5, 5.41) is 17.2. The molecular weight excluding hydrogens is 624 g/mol. The van der Waals surface area contributed by atoms with Gasteiger partial charge in [0.25, 0.3) is 17.7 Å². The van der Waals surface area contributed by atoms with Crippen LogP contribution in [0.15, 0.2) is 67.0 Å². The van der Waals surface area contributed by atoms with Crippen LogP contribution in [0.2, 0.25) is 0 Å². The van der Waals surface area contributed by atoms with Crippen LogP contribution in [0.5, 0.6) is 0 Å². The largest absolute Gasteiger partial charge is 0.444 e. The van der Waals surface area contributed by atoms with Crippen molar-refractivity contribution in [1.82, 2.24) is 29.7 Å². The first-order valence-corrected chi connectivity index (χ1v) is 16.0. The Balaban J connectivity index is 1.06. The molecule has 2 heterocycles. The third-order valence-electron chi connectivity index (χ3n) is 7.97. The van der Waals surface area contributed by atoms with E-state index >= 15 is 0 Å². The Kier molecular flexibility index (Phi) is 8.91. The smallest absolute Gasteiger partial charge is 0.407 e. The molecule has 6 rings (SSSR count). The number of aryl methyl sites for hydroxylation is 2. The molecule has 13 heteroatoms. The lowest BCUT2D eigenvalue weighted by molar-refractivity contribution is 0.0526. The molecule has 0 aliphatic carbocycles. The molecule has 4 amide bonds. The number of nitrogens with one attached hydrogen (secondary N) is 4. The van der Waals surface area contributed by atoms with E-state index in [2.05, 4.69) is 55.5 Å². The van der Waals surface area contributed by atoms with Gasteiger partial charge in [-0.05, 0) is 72.0 Å². The summed E-state index contributed by atoms with van der Waals surface area (Å²) in [5.74, 6) is -0.773. The second kappa shape index (κ2) is 13.3. The van der Waals surface area contributed by atoms with E-state index in [4.69, 9.17) is 4.74 Å². The zero-order chi connectivity index (χ0) is 34.9. The number of hydrogen-bond donors (Lipinski definition) is 4. The molecule has 252 valence electrons. The van der Waals surface area contributed by atoms with Crippen LogP contribution in [-0.4, -0.2) is 61.6 Å². The van der Waals surface area contributed by atoms with Gasteiger partial charge in [-0.15, -0.1) is 0 Å². The first kappa shape index (κ1) is 32.9. The van der Waals surface area contributed by atoms with Crippen molar-refractivity contribution in [2.45, 2.75) is 39.2 Å². The SMILES string of the molecule is Cn1cc(NC(=O)c2nc(NC(=O)c3ccc4ccc5cccc6ccc3c4c56)cn2C)nc1C(=O)NCCCCNC(=O)OC(C)(C)C. The number of carbonyl (C=O) groups excluding carboxylic acids is 4. The summed E-state index contributed by atoms with van der Waals surface area (Å²) in [7, 11) is 3.30. The van der Waals surface area contributed by atoms with Gasteiger partial charge in [-0.1, -0.05) is 48.5 Å². The summed E-state index contributed by atoms with van der Waals surface area (Å²) in [4.78, 5) is 59.8. The Labute approximate surface area is 282 Å². The van der Waals surface area contributed by atoms with E-state index in [9.17, 15) is 19.2 Å². The van der Waals surface area contributed by atoms with Crippen molar-refractivity contribution in [3.63, 3.8) is 0 Å². The monoisotopic (exact) mass is 662 g/mol. The summed E-state index contributed by atoms with van der Waals surface area (Å²) < 4.78 is 8.21. The highest BCUT2D eigenvalue weighted by Gasteiger charge is 2.21. The third-order valence-corrected chi connectivity index (χ3v) is 7.97. The van der Waals surface area contributed by atoms with Crippen molar-refractivity contribution in [3.05, 3.63) is 84.2 Å². The van der Waals surface area contributed by atoms with E-state index in [-0.39, 0.29) is 29.2 Å². The lowest BCUT2D eigenvalue weighted by Crippen LogP contribution is -2.33. The molecule has 0 saturated heterocycles. The van der Waals surface area contributed by atoms with Gasteiger partial charge in [-0.3, -0.25) is 14.4 Å². The quantitative estimate of drug-likeness (QED) is 0.110. The maximum Gasteiger partial charge on any atom is 0.407 e. The van der Waals surface area contributed by atoms with Crippen molar-refractivity contribution >= 4 is 67.8 Å². The molecule has 0 spiro atoms. The number of imidazole rings is 2. The summed E-state index contributed by atoms with van der Waals surface area (Å²) in [6, 6.07) is 18.0. The fourth-order valence-electron chi connectivity index (χ4n) is 5.80. The zero-order valence-electron chi connectivity index (χ0n) is 28.0. The molecule has 0 bridgehead atoms. The average molecular weight is 663 g/mol. The van der Waals surface area contributed by atoms with Crippen molar-refractivity contribution < 1.29 is 23.9 Å². The van der Waals surface area contributed by atoms with Gasteiger partial charge in [0.2, 0.25) is 11.6 Å².